The molecule has 11 atom stereocenters. The average molecular weight is 605 g/mol. The molecule has 0 radical (unpaired) electrons. The molecule has 9 nitrogen and oxygen atoms in total. The number of rotatable bonds is 7. The lowest BCUT2D eigenvalue weighted by Crippen LogP contribution is -2.65. The van der Waals surface area contributed by atoms with Crippen LogP contribution < -0.4 is 0 Å². The predicted molar refractivity (Wildman–Crippen MR) is 164 cm³/mol. The van der Waals surface area contributed by atoms with E-state index < -0.39 is 11.5 Å². The summed E-state index contributed by atoms with van der Waals surface area (Å²) in [6.45, 7) is 10.6. The van der Waals surface area contributed by atoms with Crippen molar-refractivity contribution in [1.82, 2.24) is 20.0 Å². The topological polar surface area (TPSA) is 113 Å². The average Bonchev–Trinajstić information content (AvgIpc) is 3.63. The van der Waals surface area contributed by atoms with E-state index in [2.05, 4.69) is 43.0 Å². The minimum Gasteiger partial charge on any atom is -0.469 e. The molecule has 6 rings (SSSR count). The van der Waals surface area contributed by atoms with Crippen molar-refractivity contribution in [3.8, 4) is 11.4 Å². The summed E-state index contributed by atoms with van der Waals surface area (Å²) < 4.78 is 13.0. The number of esters is 2. The Kier molecular flexibility index (Phi) is 8.20. The number of carbonyl (C=O) groups excluding carboxylic acids is 3. The van der Waals surface area contributed by atoms with Crippen molar-refractivity contribution in [3.63, 3.8) is 0 Å². The van der Waals surface area contributed by atoms with Crippen LogP contribution in [0.1, 0.15) is 92.0 Å². The highest BCUT2D eigenvalue weighted by molar-refractivity contribution is 5.91. The largest absolute Gasteiger partial charge is 0.469 e. The molecular formula is C35H48N4O5. The molecule has 2 aromatic heterocycles. The van der Waals surface area contributed by atoms with Crippen LogP contribution in [-0.2, 0) is 23.9 Å². The second kappa shape index (κ2) is 11.7. The van der Waals surface area contributed by atoms with Crippen molar-refractivity contribution in [3.05, 3.63) is 30.6 Å². The Bertz CT molecular complexity index is 1390. The molecule has 4 aliphatic carbocycles. The second-order valence-electron chi connectivity index (χ2n) is 14.8. The van der Waals surface area contributed by atoms with Crippen molar-refractivity contribution in [1.29, 1.82) is 0 Å². The molecule has 2 aromatic rings. The fourth-order valence-electron chi connectivity index (χ4n) is 10.5. The predicted octanol–water partition coefficient (Wildman–Crippen LogP) is 6.10. The number of ether oxygens (including phenoxy) is 2. The Morgan fingerprint density at radius 2 is 1.93 bits per heavy atom. The zero-order valence-corrected chi connectivity index (χ0v) is 27.1. The Balaban J connectivity index is 1.48. The maximum Gasteiger partial charge on any atom is 0.305 e. The maximum atomic E-state index is 15.3. The molecule has 9 heteroatoms. The zero-order valence-electron chi connectivity index (χ0n) is 27.1. The molecule has 0 amide bonds. The molecule has 0 aromatic carbocycles. The summed E-state index contributed by atoms with van der Waals surface area (Å²) in [7, 11) is 1.42. The van der Waals surface area contributed by atoms with E-state index in [0.717, 1.165) is 44.2 Å². The number of hydrogen-bond donors (Lipinski definition) is 0. The monoisotopic (exact) mass is 604 g/mol. The van der Waals surface area contributed by atoms with Crippen LogP contribution in [0, 0.1) is 52.3 Å². The second-order valence-corrected chi connectivity index (χ2v) is 14.8. The molecule has 0 aliphatic heterocycles. The third-order valence-electron chi connectivity index (χ3n) is 12.6. The molecule has 0 saturated heterocycles. The van der Waals surface area contributed by atoms with Crippen molar-refractivity contribution in [2.75, 3.05) is 7.11 Å². The van der Waals surface area contributed by atoms with Crippen molar-refractivity contribution in [2.24, 2.45) is 52.3 Å². The van der Waals surface area contributed by atoms with Crippen LogP contribution in [0.25, 0.3) is 11.4 Å². The first-order valence-corrected chi connectivity index (χ1v) is 16.6. The van der Waals surface area contributed by atoms with Crippen LogP contribution >= 0.6 is 0 Å². The molecule has 238 valence electrons. The van der Waals surface area contributed by atoms with Crippen LogP contribution in [0.2, 0.25) is 0 Å². The third-order valence-corrected chi connectivity index (χ3v) is 12.6. The lowest BCUT2D eigenvalue weighted by Gasteiger charge is -2.64. The van der Waals surface area contributed by atoms with Gasteiger partial charge < -0.3 is 9.47 Å². The van der Waals surface area contributed by atoms with E-state index >= 15 is 4.79 Å². The van der Waals surface area contributed by atoms with Crippen LogP contribution in [-0.4, -0.2) is 50.9 Å². The van der Waals surface area contributed by atoms with Gasteiger partial charge >= 0.3 is 11.9 Å². The van der Waals surface area contributed by atoms with E-state index in [9.17, 15) is 9.59 Å². The molecule has 4 unspecified atom stereocenters. The molecule has 0 bridgehead atoms. The number of fused-ring (bicyclic) bond motifs is 5. The zero-order chi connectivity index (χ0) is 31.4. The highest BCUT2D eigenvalue weighted by Gasteiger charge is 2.70. The maximum absolute atomic E-state index is 15.3. The van der Waals surface area contributed by atoms with Gasteiger partial charge in [0.1, 0.15) is 17.8 Å². The molecule has 2 heterocycles. The van der Waals surface area contributed by atoms with Gasteiger partial charge in [0.25, 0.3) is 0 Å². The van der Waals surface area contributed by atoms with E-state index in [1.807, 2.05) is 29.1 Å². The van der Waals surface area contributed by atoms with Gasteiger partial charge in [0.2, 0.25) is 0 Å². The van der Waals surface area contributed by atoms with Crippen molar-refractivity contribution in [2.45, 2.75) is 98.1 Å². The normalized spacial score (nSPS) is 38.6. The van der Waals surface area contributed by atoms with Gasteiger partial charge in [0.05, 0.1) is 19.0 Å². The van der Waals surface area contributed by atoms with E-state index in [-0.39, 0.29) is 58.8 Å². The van der Waals surface area contributed by atoms with Gasteiger partial charge in [0.15, 0.2) is 5.78 Å². The SMILES string of the molecule is COC(=O)CC[C@@H](C)C1CCC2C3C([C@H](n4cc(-c5ccccn5)nn4)C(=O)[C@@]21C)[C@@]1(C)CC[C@@H](C)C[C@H]1C[C@H]3OC(C)=O. The lowest BCUT2D eigenvalue weighted by atomic mass is 9.41. The third kappa shape index (κ3) is 4.98. The summed E-state index contributed by atoms with van der Waals surface area (Å²) in [6, 6.07) is 5.17. The van der Waals surface area contributed by atoms with Gasteiger partial charge in [-0.05, 0) is 85.7 Å². The number of pyridine rings is 1. The van der Waals surface area contributed by atoms with Gasteiger partial charge in [-0.1, -0.05) is 45.4 Å². The summed E-state index contributed by atoms with van der Waals surface area (Å²) in [5.41, 5.74) is 0.612. The fraction of sp³-hybridized carbons (Fsp3) is 0.714. The molecule has 4 aliphatic rings. The highest BCUT2D eigenvalue weighted by atomic mass is 16.5. The Hall–Kier alpha value is -3.10. The smallest absolute Gasteiger partial charge is 0.305 e. The molecule has 4 fully saturated rings. The number of methoxy groups -OCH3 is 1. The number of hydrogen-bond acceptors (Lipinski definition) is 8. The quantitative estimate of drug-likeness (QED) is 0.349. The van der Waals surface area contributed by atoms with Crippen LogP contribution in [0.3, 0.4) is 0 Å². The van der Waals surface area contributed by atoms with E-state index in [0.29, 0.717) is 30.4 Å². The van der Waals surface area contributed by atoms with Crippen LogP contribution in [0.4, 0.5) is 0 Å². The van der Waals surface area contributed by atoms with Gasteiger partial charge in [0, 0.05) is 36.8 Å². The lowest BCUT2D eigenvalue weighted by molar-refractivity contribution is -0.203. The van der Waals surface area contributed by atoms with Crippen LogP contribution in [0.15, 0.2) is 30.6 Å². The van der Waals surface area contributed by atoms with Gasteiger partial charge in [-0.15, -0.1) is 5.10 Å². The van der Waals surface area contributed by atoms with E-state index in [1.54, 1.807) is 6.20 Å². The number of ketones is 1. The number of carbonyl (C=O) groups is 3. The minimum atomic E-state index is -0.651. The summed E-state index contributed by atoms with van der Waals surface area (Å²) in [4.78, 5) is 44.5. The van der Waals surface area contributed by atoms with E-state index in [1.165, 1.54) is 14.0 Å². The van der Waals surface area contributed by atoms with Crippen LogP contribution in [0.5, 0.6) is 0 Å². The van der Waals surface area contributed by atoms with E-state index in [4.69, 9.17) is 9.47 Å². The van der Waals surface area contributed by atoms with Gasteiger partial charge in [-0.25, -0.2) is 4.68 Å². The van der Waals surface area contributed by atoms with Gasteiger partial charge in [-0.2, -0.15) is 0 Å². The fourth-order valence-corrected chi connectivity index (χ4v) is 10.5. The summed E-state index contributed by atoms with van der Waals surface area (Å²) >= 11 is 0. The number of Topliss-reactive ketones (excluding diaryl/α,β-unsaturated/α-hetero) is 1. The first-order valence-electron chi connectivity index (χ1n) is 16.6. The standard InChI is InChI=1S/C35H48N4O5/c1-20-14-15-34(4)23(17-20)18-28(44-22(3)40)30-25-12-11-24(21(2)10-13-29(41)43-6)35(25,5)33(42)32(31(30)34)39-19-27(37-38-39)26-9-7-8-16-36-26/h7-9,16,19-21,23-25,28,30-32H,10-15,17-18H2,1-6H3/t20-,21-,23+,24?,25?,28-,30?,31?,32+,34+,35-/m1/s1. The number of nitrogens with zero attached hydrogens (tertiary/aromatic N) is 4. The molecule has 4 saturated carbocycles. The Morgan fingerprint density at radius 1 is 1.14 bits per heavy atom. The first kappa shape index (κ1) is 30.9. The Labute approximate surface area is 260 Å². The summed E-state index contributed by atoms with van der Waals surface area (Å²) in [5, 5.41) is 9.17. The highest BCUT2D eigenvalue weighted by Crippen LogP contribution is 2.70. The first-order chi connectivity index (χ1) is 21.0. The molecule has 44 heavy (non-hydrogen) atoms. The minimum absolute atomic E-state index is 0.0292. The summed E-state index contributed by atoms with van der Waals surface area (Å²) in [6.07, 6.45) is 10.3. The van der Waals surface area contributed by atoms with Crippen molar-refractivity contribution < 1.29 is 23.9 Å². The number of aromatic nitrogens is 4. The molecule has 0 spiro atoms. The van der Waals surface area contributed by atoms with Gasteiger partial charge in [-0.3, -0.25) is 19.4 Å². The summed E-state index contributed by atoms with van der Waals surface area (Å²) in [5.74, 6) is 1.02. The Morgan fingerprint density at radius 3 is 2.64 bits per heavy atom. The molecule has 0 N–H and O–H groups in total. The molecular weight excluding hydrogens is 556 g/mol. The van der Waals surface area contributed by atoms with Crippen molar-refractivity contribution >= 4 is 17.7 Å².